The van der Waals surface area contributed by atoms with Gasteiger partial charge in [0.25, 0.3) is 0 Å². The van der Waals surface area contributed by atoms with E-state index < -0.39 is 0 Å². The minimum atomic E-state index is 0.759. The third kappa shape index (κ3) is 3.15. The fourth-order valence-electron chi connectivity index (χ4n) is 0.878. The van der Waals surface area contributed by atoms with E-state index in [1.165, 1.54) is 4.90 Å². The van der Waals surface area contributed by atoms with E-state index in [0.29, 0.717) is 0 Å². The molecule has 2 nitrogen and oxygen atoms in total. The molecule has 0 radical (unpaired) electrons. The fraction of sp³-hybridized carbons (Fsp3) is 0.333. The largest absolute Gasteiger partial charge is 0.399 e. The van der Waals surface area contributed by atoms with Crippen molar-refractivity contribution in [1.82, 2.24) is 0 Å². The Kier molecular flexibility index (Phi) is 3.97. The summed E-state index contributed by atoms with van der Waals surface area (Å²) in [4.78, 5) is 1.23. The second-order valence-corrected chi connectivity index (χ2v) is 3.73. The van der Waals surface area contributed by atoms with Gasteiger partial charge in [-0.05, 0) is 36.9 Å². The van der Waals surface area contributed by atoms with Crippen molar-refractivity contribution in [1.29, 1.82) is 0 Å². The average molecular weight is 182 g/mol. The maximum absolute atomic E-state index is 5.62. The maximum atomic E-state index is 5.62. The first-order valence-corrected chi connectivity index (χ1v) is 5.00. The maximum Gasteiger partial charge on any atom is 0.0325 e. The van der Waals surface area contributed by atoms with Crippen molar-refractivity contribution >= 4 is 17.4 Å². The molecule has 12 heavy (non-hydrogen) atoms. The SMILES string of the molecule is NCCCSc1cccc(N)c1. The van der Waals surface area contributed by atoms with Gasteiger partial charge in [-0.25, -0.2) is 0 Å². The summed E-state index contributed by atoms with van der Waals surface area (Å²) in [6, 6.07) is 7.92. The van der Waals surface area contributed by atoms with E-state index in [-0.39, 0.29) is 0 Å². The minimum Gasteiger partial charge on any atom is -0.399 e. The second kappa shape index (κ2) is 5.06. The van der Waals surface area contributed by atoms with E-state index >= 15 is 0 Å². The number of nitrogens with two attached hydrogens (primary N) is 2. The summed E-state index contributed by atoms with van der Waals surface area (Å²) in [6.45, 7) is 0.759. The molecular formula is C9H14N2S. The first kappa shape index (κ1) is 9.42. The van der Waals surface area contributed by atoms with Gasteiger partial charge in [0.05, 0.1) is 0 Å². The molecule has 0 fully saturated rings. The molecular weight excluding hydrogens is 168 g/mol. The molecule has 0 bridgehead atoms. The standard InChI is InChI=1S/C9H14N2S/c10-5-2-6-12-9-4-1-3-8(11)7-9/h1,3-4,7H,2,5-6,10-11H2. The number of rotatable bonds is 4. The van der Waals surface area contributed by atoms with Crippen LogP contribution in [0.4, 0.5) is 5.69 Å². The van der Waals surface area contributed by atoms with Gasteiger partial charge >= 0.3 is 0 Å². The van der Waals surface area contributed by atoms with Crippen molar-refractivity contribution in [2.45, 2.75) is 11.3 Å². The molecule has 66 valence electrons. The summed E-state index contributed by atoms with van der Waals surface area (Å²) in [6.07, 6.45) is 1.06. The van der Waals surface area contributed by atoms with Crippen LogP contribution >= 0.6 is 11.8 Å². The number of hydrogen-bond donors (Lipinski definition) is 2. The number of nitrogen functional groups attached to an aromatic ring is 1. The first-order chi connectivity index (χ1) is 5.83. The normalized spacial score (nSPS) is 10.1. The van der Waals surface area contributed by atoms with Gasteiger partial charge in [-0.15, -0.1) is 11.8 Å². The Morgan fingerprint density at radius 3 is 2.83 bits per heavy atom. The molecule has 0 saturated heterocycles. The van der Waals surface area contributed by atoms with E-state index in [2.05, 4.69) is 6.07 Å². The fourth-order valence-corrected chi connectivity index (χ4v) is 1.82. The number of hydrogen-bond acceptors (Lipinski definition) is 3. The summed E-state index contributed by atoms with van der Waals surface area (Å²) in [5, 5.41) is 0. The zero-order valence-corrected chi connectivity index (χ0v) is 7.81. The number of thioether (sulfide) groups is 1. The summed E-state index contributed by atoms with van der Waals surface area (Å²) in [7, 11) is 0. The van der Waals surface area contributed by atoms with Gasteiger partial charge in [-0.1, -0.05) is 6.07 Å². The van der Waals surface area contributed by atoms with Crippen LogP contribution in [-0.2, 0) is 0 Å². The summed E-state index contributed by atoms with van der Waals surface area (Å²) in [5.74, 6) is 1.07. The molecule has 0 aliphatic heterocycles. The zero-order valence-electron chi connectivity index (χ0n) is 6.99. The molecule has 0 spiro atoms. The lowest BCUT2D eigenvalue weighted by molar-refractivity contribution is 0.943. The van der Waals surface area contributed by atoms with Gasteiger partial charge in [0.15, 0.2) is 0 Å². The number of anilines is 1. The third-order valence-corrected chi connectivity index (χ3v) is 2.56. The molecule has 1 rings (SSSR count). The molecule has 0 aliphatic rings. The molecule has 0 aliphatic carbocycles. The monoisotopic (exact) mass is 182 g/mol. The quantitative estimate of drug-likeness (QED) is 0.423. The van der Waals surface area contributed by atoms with Gasteiger partial charge in [0, 0.05) is 10.6 Å². The Labute approximate surface area is 77.3 Å². The van der Waals surface area contributed by atoms with Gasteiger partial charge in [-0.2, -0.15) is 0 Å². The highest BCUT2D eigenvalue weighted by molar-refractivity contribution is 7.99. The second-order valence-electron chi connectivity index (χ2n) is 2.56. The zero-order chi connectivity index (χ0) is 8.81. The van der Waals surface area contributed by atoms with Crippen molar-refractivity contribution in [3.05, 3.63) is 24.3 Å². The van der Waals surface area contributed by atoms with Crippen LogP contribution < -0.4 is 11.5 Å². The third-order valence-electron chi connectivity index (χ3n) is 1.48. The van der Waals surface area contributed by atoms with Crippen LogP contribution in [0.5, 0.6) is 0 Å². The molecule has 1 aromatic rings. The van der Waals surface area contributed by atoms with Gasteiger partial charge in [0.2, 0.25) is 0 Å². The Morgan fingerprint density at radius 1 is 1.33 bits per heavy atom. The van der Waals surface area contributed by atoms with Crippen LogP contribution in [0.3, 0.4) is 0 Å². The summed E-state index contributed by atoms with van der Waals surface area (Å²) < 4.78 is 0. The molecule has 0 amide bonds. The van der Waals surface area contributed by atoms with Crippen LogP contribution in [-0.4, -0.2) is 12.3 Å². The van der Waals surface area contributed by atoms with Crippen molar-refractivity contribution in [3.8, 4) is 0 Å². The van der Waals surface area contributed by atoms with Crippen LogP contribution in [0.2, 0.25) is 0 Å². The minimum absolute atomic E-state index is 0.759. The van der Waals surface area contributed by atoms with Gasteiger partial charge < -0.3 is 11.5 Å². The average Bonchev–Trinajstić information content (AvgIpc) is 2.05. The highest BCUT2D eigenvalue weighted by atomic mass is 32.2. The van der Waals surface area contributed by atoms with E-state index in [0.717, 1.165) is 24.4 Å². The smallest absolute Gasteiger partial charge is 0.0325 e. The molecule has 4 N–H and O–H groups in total. The predicted molar refractivity (Wildman–Crippen MR) is 55.2 cm³/mol. The lowest BCUT2D eigenvalue weighted by Crippen LogP contribution is -1.99. The topological polar surface area (TPSA) is 52.0 Å². The van der Waals surface area contributed by atoms with E-state index in [1.807, 2.05) is 18.2 Å². The highest BCUT2D eigenvalue weighted by Gasteiger charge is 1.92. The Morgan fingerprint density at radius 2 is 2.17 bits per heavy atom. The Hall–Kier alpha value is -0.670. The van der Waals surface area contributed by atoms with E-state index in [1.54, 1.807) is 11.8 Å². The van der Waals surface area contributed by atoms with Crippen LogP contribution in [0, 0.1) is 0 Å². The van der Waals surface area contributed by atoms with Crippen molar-refractivity contribution < 1.29 is 0 Å². The van der Waals surface area contributed by atoms with Gasteiger partial charge in [-0.3, -0.25) is 0 Å². The van der Waals surface area contributed by atoms with Gasteiger partial charge in [0.1, 0.15) is 0 Å². The molecule has 1 aromatic carbocycles. The summed E-state index contributed by atoms with van der Waals surface area (Å²) >= 11 is 1.80. The predicted octanol–water partition coefficient (Wildman–Crippen LogP) is 1.71. The van der Waals surface area contributed by atoms with Crippen LogP contribution in [0.1, 0.15) is 6.42 Å². The molecule has 0 saturated carbocycles. The van der Waals surface area contributed by atoms with E-state index in [4.69, 9.17) is 11.5 Å². The van der Waals surface area contributed by atoms with Crippen LogP contribution in [0.15, 0.2) is 29.2 Å². The molecule has 0 aromatic heterocycles. The lowest BCUT2D eigenvalue weighted by Gasteiger charge is -2.00. The highest BCUT2D eigenvalue weighted by Crippen LogP contribution is 2.20. The number of benzene rings is 1. The molecule has 3 heteroatoms. The summed E-state index contributed by atoms with van der Waals surface area (Å²) in [5.41, 5.74) is 11.8. The van der Waals surface area contributed by atoms with Crippen LogP contribution in [0.25, 0.3) is 0 Å². The lowest BCUT2D eigenvalue weighted by atomic mass is 10.3. The molecule has 0 atom stereocenters. The van der Waals surface area contributed by atoms with E-state index in [9.17, 15) is 0 Å². The Balaban J connectivity index is 2.41. The van der Waals surface area contributed by atoms with Crippen molar-refractivity contribution in [3.63, 3.8) is 0 Å². The Bertz CT molecular complexity index is 238. The molecule has 0 unspecified atom stereocenters. The first-order valence-electron chi connectivity index (χ1n) is 4.01. The van der Waals surface area contributed by atoms with Crippen molar-refractivity contribution in [2.24, 2.45) is 5.73 Å². The molecule has 0 heterocycles. The van der Waals surface area contributed by atoms with Crippen molar-refractivity contribution in [2.75, 3.05) is 18.0 Å².